The zero-order valence-corrected chi connectivity index (χ0v) is 37.3. The van der Waals surface area contributed by atoms with Gasteiger partial charge >= 0.3 is 24.4 Å². The first kappa shape index (κ1) is 49.2. The van der Waals surface area contributed by atoms with Crippen LogP contribution in [0.4, 0.5) is 19.2 Å². The number of aromatic nitrogens is 8. The molecule has 0 aromatic carbocycles. The van der Waals surface area contributed by atoms with Gasteiger partial charge in [-0.3, -0.25) is 0 Å². The second-order valence-electron chi connectivity index (χ2n) is 17.6. The number of imidazole rings is 4. The highest BCUT2D eigenvalue weighted by molar-refractivity contribution is 5.71. The molecule has 0 bridgehead atoms. The van der Waals surface area contributed by atoms with Gasteiger partial charge in [0.2, 0.25) is 0 Å². The molecule has 0 aliphatic heterocycles. The Labute approximate surface area is 362 Å². The van der Waals surface area contributed by atoms with Crippen LogP contribution >= 0.6 is 0 Å². The van der Waals surface area contributed by atoms with Gasteiger partial charge in [0, 0.05) is 66.8 Å². The number of rotatable bonds is 24. The number of hydrogen-bond donors (Lipinski definition) is 0. The van der Waals surface area contributed by atoms with Crippen LogP contribution in [0.25, 0.3) is 0 Å². The van der Waals surface area contributed by atoms with E-state index in [4.69, 9.17) is 37.9 Å². The molecule has 2 unspecified atom stereocenters. The molecule has 342 valence electrons. The van der Waals surface area contributed by atoms with E-state index in [1.54, 1.807) is 0 Å². The molecule has 0 N–H and O–H groups in total. The lowest BCUT2D eigenvalue weighted by Gasteiger charge is -2.47. The first-order valence-corrected chi connectivity index (χ1v) is 20.3. The lowest BCUT2D eigenvalue weighted by atomic mass is 9.68. The van der Waals surface area contributed by atoms with Crippen molar-refractivity contribution < 1.29 is 57.1 Å². The molecule has 0 spiro atoms. The first-order valence-electron chi connectivity index (χ1n) is 20.3. The second-order valence-corrected chi connectivity index (χ2v) is 17.6. The van der Waals surface area contributed by atoms with Crippen molar-refractivity contribution in [3.63, 3.8) is 0 Å². The zero-order chi connectivity index (χ0) is 45.4. The molecule has 2 atom stereocenters. The van der Waals surface area contributed by atoms with E-state index in [1.807, 2.05) is 62.3 Å². The average Bonchev–Trinajstić information content (AvgIpc) is 4.05. The van der Waals surface area contributed by atoms with Gasteiger partial charge in [-0.1, -0.05) is 13.8 Å². The predicted molar refractivity (Wildman–Crippen MR) is 221 cm³/mol. The molecule has 0 aliphatic carbocycles. The molecule has 62 heavy (non-hydrogen) atoms. The first-order chi connectivity index (χ1) is 29.2. The SMILES string of the molecule is CC(OCCOC(=O)n1ccnc1)C(COCCOC(=O)n1ccnc1)(CC(C)(C)OCCC(C)(C)OC(=O)n1ccnc1)CC(C)(C)OCC(C)(C)COC(=O)n1ccnc1. The molecular weight excluding hydrogens is 809 g/mol. The predicted octanol–water partition coefficient (Wildman–Crippen LogP) is 6.49. The van der Waals surface area contributed by atoms with Crippen molar-refractivity contribution in [2.45, 2.75) is 104 Å². The van der Waals surface area contributed by atoms with Crippen molar-refractivity contribution in [1.29, 1.82) is 0 Å². The van der Waals surface area contributed by atoms with Gasteiger partial charge in [-0.25, -0.2) is 57.4 Å². The van der Waals surface area contributed by atoms with Crippen molar-refractivity contribution in [1.82, 2.24) is 38.2 Å². The van der Waals surface area contributed by atoms with Crippen LogP contribution < -0.4 is 0 Å². The molecule has 4 heterocycles. The number of carbonyl (C=O) groups is 4. The second kappa shape index (κ2) is 22.1. The Bertz CT molecular complexity index is 1950. The minimum atomic E-state index is -0.869. The third-order valence-corrected chi connectivity index (χ3v) is 9.80. The van der Waals surface area contributed by atoms with Gasteiger partial charge < -0.3 is 37.9 Å². The topological polar surface area (TPSA) is 213 Å². The fraction of sp³-hybridized carbons (Fsp3) is 0.619. The molecule has 20 nitrogen and oxygen atoms in total. The van der Waals surface area contributed by atoms with Gasteiger partial charge in [-0.05, 0) is 61.3 Å². The molecule has 20 heteroatoms. The lowest BCUT2D eigenvalue weighted by molar-refractivity contribution is -0.166. The van der Waals surface area contributed by atoms with Crippen molar-refractivity contribution in [2.75, 3.05) is 52.9 Å². The summed E-state index contributed by atoms with van der Waals surface area (Å²) >= 11 is 0. The largest absolute Gasteiger partial charge is 0.448 e. The van der Waals surface area contributed by atoms with Gasteiger partial charge in [-0.2, -0.15) is 0 Å². The molecule has 4 rings (SSSR count). The molecule has 0 amide bonds. The zero-order valence-electron chi connectivity index (χ0n) is 37.3. The summed E-state index contributed by atoms with van der Waals surface area (Å²) in [6.07, 6.45) is 15.7. The van der Waals surface area contributed by atoms with Crippen molar-refractivity contribution >= 4 is 24.4 Å². The van der Waals surface area contributed by atoms with Crippen LogP contribution in [0.1, 0.15) is 81.6 Å². The van der Waals surface area contributed by atoms with Crippen LogP contribution in [-0.2, 0) is 37.9 Å². The van der Waals surface area contributed by atoms with E-state index in [1.165, 1.54) is 93.2 Å². The fourth-order valence-corrected chi connectivity index (χ4v) is 6.66. The summed E-state index contributed by atoms with van der Waals surface area (Å²) in [5.41, 5.74) is -3.94. The molecule has 4 aromatic rings. The van der Waals surface area contributed by atoms with Crippen LogP contribution in [-0.4, -0.2) is 138 Å². The number of nitrogens with zero attached hydrogens (tertiary/aromatic N) is 8. The van der Waals surface area contributed by atoms with E-state index in [9.17, 15) is 19.2 Å². The highest BCUT2D eigenvalue weighted by Gasteiger charge is 2.47. The minimum Gasteiger partial charge on any atom is -0.448 e. The Morgan fingerprint density at radius 2 is 0.968 bits per heavy atom. The Morgan fingerprint density at radius 1 is 0.516 bits per heavy atom. The number of carbonyl (C=O) groups excluding carboxylic acids is 4. The summed E-state index contributed by atoms with van der Waals surface area (Å²) in [6, 6.07) is 0. The smallest absolute Gasteiger partial charge is 0.419 e. The summed E-state index contributed by atoms with van der Waals surface area (Å²) < 4.78 is 53.2. The van der Waals surface area contributed by atoms with Crippen LogP contribution in [0.5, 0.6) is 0 Å². The Hall–Kier alpha value is -5.44. The van der Waals surface area contributed by atoms with E-state index in [-0.39, 0.29) is 52.9 Å². The maximum absolute atomic E-state index is 12.7. The monoisotopic (exact) mass is 870 g/mol. The van der Waals surface area contributed by atoms with E-state index < -0.39 is 58.1 Å². The standard InChI is InChI=1S/C42H62N8O12/c1-33(56-22-23-58-35(52)48-16-12-44-30-48)42(28-55-20-21-57-34(51)47-15-11-43-29-47,24-40(6,7)60-19-10-39(4,5)62-37(54)50-18-14-46-32-50)25-41(8,9)61-27-38(2,3)26-59-36(53)49-17-13-45-31-49/h11-18,29-33H,10,19-28H2,1-9H3. The van der Waals surface area contributed by atoms with Gasteiger partial charge in [0.1, 0.15) is 50.7 Å². The quantitative estimate of drug-likeness (QED) is 0.0544. The summed E-state index contributed by atoms with van der Waals surface area (Å²) in [6.45, 7) is 18.0. The third kappa shape index (κ3) is 16.1. The van der Waals surface area contributed by atoms with E-state index in [0.29, 0.717) is 19.3 Å². The molecule has 0 fully saturated rings. The molecule has 0 radical (unpaired) electrons. The van der Waals surface area contributed by atoms with E-state index in [2.05, 4.69) is 19.9 Å². The highest BCUT2D eigenvalue weighted by atomic mass is 16.6. The minimum absolute atomic E-state index is 0.0365. The molecule has 0 saturated carbocycles. The van der Waals surface area contributed by atoms with E-state index >= 15 is 0 Å². The van der Waals surface area contributed by atoms with Crippen LogP contribution in [0.15, 0.2) is 74.9 Å². The van der Waals surface area contributed by atoms with Gasteiger partial charge in [0.25, 0.3) is 0 Å². The Balaban J connectivity index is 1.52. The summed E-state index contributed by atoms with van der Waals surface area (Å²) in [5.74, 6) is 0. The van der Waals surface area contributed by atoms with Crippen molar-refractivity contribution in [2.24, 2.45) is 10.8 Å². The fourth-order valence-electron chi connectivity index (χ4n) is 6.66. The average molecular weight is 871 g/mol. The van der Waals surface area contributed by atoms with Crippen molar-refractivity contribution in [3.8, 4) is 0 Å². The summed E-state index contributed by atoms with van der Waals surface area (Å²) in [7, 11) is 0. The molecule has 0 aliphatic rings. The third-order valence-electron chi connectivity index (χ3n) is 9.80. The Kier molecular flexibility index (Phi) is 17.5. The van der Waals surface area contributed by atoms with Crippen LogP contribution in [0.2, 0.25) is 0 Å². The summed E-state index contributed by atoms with van der Waals surface area (Å²) in [4.78, 5) is 65.9. The van der Waals surface area contributed by atoms with Gasteiger partial charge in [-0.15, -0.1) is 0 Å². The maximum Gasteiger partial charge on any atom is 0.419 e. The van der Waals surface area contributed by atoms with Crippen molar-refractivity contribution in [3.05, 3.63) is 74.9 Å². The highest BCUT2D eigenvalue weighted by Crippen LogP contribution is 2.44. The summed E-state index contributed by atoms with van der Waals surface area (Å²) in [5, 5.41) is 0. The van der Waals surface area contributed by atoms with Gasteiger partial charge in [0.05, 0.1) is 50.3 Å². The maximum atomic E-state index is 12.7. The molecular formula is C42H62N8O12. The molecule has 4 aromatic heterocycles. The normalized spacial score (nSPS) is 13.9. The van der Waals surface area contributed by atoms with Crippen LogP contribution in [0.3, 0.4) is 0 Å². The van der Waals surface area contributed by atoms with Crippen LogP contribution in [0, 0.1) is 10.8 Å². The van der Waals surface area contributed by atoms with Gasteiger partial charge in [0.15, 0.2) is 0 Å². The molecule has 0 saturated heterocycles. The van der Waals surface area contributed by atoms with E-state index in [0.717, 1.165) is 0 Å². The number of hydrogen-bond acceptors (Lipinski definition) is 16. The Morgan fingerprint density at radius 3 is 1.45 bits per heavy atom. The number of ether oxygens (including phenoxy) is 8. The lowest BCUT2D eigenvalue weighted by Crippen LogP contribution is -2.51.